The summed E-state index contributed by atoms with van der Waals surface area (Å²) in [5, 5.41) is 2.20. The maximum atomic E-state index is 12.8. The van der Waals surface area contributed by atoms with Crippen LogP contribution in [-0.2, 0) is 16.1 Å². The van der Waals surface area contributed by atoms with Crippen molar-refractivity contribution in [3.8, 4) is 11.5 Å². The number of hydrogen-bond acceptors (Lipinski definition) is 5. The van der Waals surface area contributed by atoms with Crippen LogP contribution in [0.25, 0.3) is 6.08 Å². The summed E-state index contributed by atoms with van der Waals surface area (Å²) in [5.41, 5.74) is 1.15. The third-order valence-corrected chi connectivity index (χ3v) is 4.11. The van der Waals surface area contributed by atoms with Gasteiger partial charge in [-0.15, -0.1) is 0 Å². The van der Waals surface area contributed by atoms with Crippen molar-refractivity contribution < 1.29 is 23.9 Å². The van der Waals surface area contributed by atoms with E-state index >= 15 is 0 Å². The van der Waals surface area contributed by atoms with Gasteiger partial charge < -0.3 is 9.47 Å². The highest BCUT2D eigenvalue weighted by atomic mass is 16.5. The van der Waals surface area contributed by atoms with Crippen molar-refractivity contribution >= 4 is 23.9 Å². The summed E-state index contributed by atoms with van der Waals surface area (Å²) >= 11 is 0. The normalized spacial score (nSPS) is 15.7. The van der Waals surface area contributed by atoms with Crippen molar-refractivity contribution in [2.75, 3.05) is 14.2 Å². The molecule has 1 saturated heterocycles. The summed E-state index contributed by atoms with van der Waals surface area (Å²) < 4.78 is 10.4. The van der Waals surface area contributed by atoms with Gasteiger partial charge in [0.25, 0.3) is 11.8 Å². The standard InChI is InChI=1S/C20H18N2O5/c1-26-15-9-8-14(17(11-15)27-2)10-16-18(23)21-20(25)22(19(16)24)12-13-6-4-3-5-7-13/h3-11H,12H2,1-2H3,(H,21,23,25). The van der Waals surface area contributed by atoms with Gasteiger partial charge in [-0.05, 0) is 23.8 Å². The average molecular weight is 366 g/mol. The number of barbiturate groups is 1. The second-order valence-corrected chi connectivity index (χ2v) is 5.80. The molecular formula is C20H18N2O5. The number of ether oxygens (including phenoxy) is 2. The summed E-state index contributed by atoms with van der Waals surface area (Å²) in [6.07, 6.45) is 1.40. The van der Waals surface area contributed by atoms with Crippen molar-refractivity contribution in [2.45, 2.75) is 6.54 Å². The summed E-state index contributed by atoms with van der Waals surface area (Å²) in [5.74, 6) is -0.388. The largest absolute Gasteiger partial charge is 0.497 e. The van der Waals surface area contributed by atoms with Gasteiger partial charge in [0.1, 0.15) is 17.1 Å². The van der Waals surface area contributed by atoms with Gasteiger partial charge in [-0.3, -0.25) is 19.8 Å². The van der Waals surface area contributed by atoms with Gasteiger partial charge in [-0.2, -0.15) is 0 Å². The fourth-order valence-corrected chi connectivity index (χ4v) is 2.70. The number of nitrogens with one attached hydrogen (secondary N) is 1. The van der Waals surface area contributed by atoms with Crippen molar-refractivity contribution in [3.05, 3.63) is 65.2 Å². The first-order valence-electron chi connectivity index (χ1n) is 8.18. The van der Waals surface area contributed by atoms with Crippen LogP contribution >= 0.6 is 0 Å². The molecule has 4 amide bonds. The van der Waals surface area contributed by atoms with Crippen LogP contribution in [0.4, 0.5) is 4.79 Å². The Morgan fingerprint density at radius 2 is 1.74 bits per heavy atom. The molecule has 2 aromatic rings. The molecule has 1 aliphatic rings. The average Bonchev–Trinajstić information content (AvgIpc) is 2.69. The van der Waals surface area contributed by atoms with Crippen LogP contribution in [0.15, 0.2) is 54.1 Å². The van der Waals surface area contributed by atoms with Crippen molar-refractivity contribution in [3.63, 3.8) is 0 Å². The second-order valence-electron chi connectivity index (χ2n) is 5.80. The topological polar surface area (TPSA) is 84.9 Å². The molecule has 0 bridgehead atoms. The fourth-order valence-electron chi connectivity index (χ4n) is 2.70. The first kappa shape index (κ1) is 18.2. The highest BCUT2D eigenvalue weighted by molar-refractivity contribution is 6.31. The maximum absolute atomic E-state index is 12.8. The van der Waals surface area contributed by atoms with Gasteiger partial charge in [0.15, 0.2) is 0 Å². The molecule has 1 fully saturated rings. The fraction of sp³-hybridized carbons (Fsp3) is 0.150. The van der Waals surface area contributed by atoms with Crippen LogP contribution in [0.1, 0.15) is 11.1 Å². The SMILES string of the molecule is COc1ccc(C=C2C(=O)NC(=O)N(Cc3ccccc3)C2=O)c(OC)c1. The maximum Gasteiger partial charge on any atom is 0.331 e. The zero-order valence-corrected chi connectivity index (χ0v) is 14.9. The molecule has 27 heavy (non-hydrogen) atoms. The number of carbonyl (C=O) groups is 3. The van der Waals surface area contributed by atoms with Gasteiger partial charge in [0, 0.05) is 11.6 Å². The zero-order chi connectivity index (χ0) is 19.4. The lowest BCUT2D eigenvalue weighted by Gasteiger charge is -2.26. The third kappa shape index (κ3) is 3.82. The predicted octanol–water partition coefficient (Wildman–Crippen LogP) is 2.37. The van der Waals surface area contributed by atoms with Crippen LogP contribution in [-0.4, -0.2) is 37.0 Å². The first-order valence-corrected chi connectivity index (χ1v) is 8.18. The summed E-state index contributed by atoms with van der Waals surface area (Å²) in [7, 11) is 3.00. The minimum atomic E-state index is -0.743. The highest BCUT2D eigenvalue weighted by Crippen LogP contribution is 2.27. The number of carbonyl (C=O) groups excluding carboxylic acids is 3. The van der Waals surface area contributed by atoms with E-state index in [4.69, 9.17) is 9.47 Å². The van der Waals surface area contributed by atoms with Gasteiger partial charge in [-0.1, -0.05) is 30.3 Å². The smallest absolute Gasteiger partial charge is 0.331 e. The Morgan fingerprint density at radius 1 is 1.00 bits per heavy atom. The predicted molar refractivity (Wildman–Crippen MR) is 98.1 cm³/mol. The Kier molecular flexibility index (Phi) is 5.21. The molecule has 1 aliphatic heterocycles. The van der Waals surface area contributed by atoms with E-state index in [9.17, 15) is 14.4 Å². The Balaban J connectivity index is 1.94. The first-order chi connectivity index (χ1) is 13.0. The van der Waals surface area contributed by atoms with E-state index in [1.165, 1.54) is 20.3 Å². The van der Waals surface area contributed by atoms with E-state index < -0.39 is 17.8 Å². The highest BCUT2D eigenvalue weighted by Gasteiger charge is 2.35. The quantitative estimate of drug-likeness (QED) is 0.649. The summed E-state index contributed by atoms with van der Waals surface area (Å²) in [6.45, 7) is 0.0654. The minimum Gasteiger partial charge on any atom is -0.497 e. The number of methoxy groups -OCH3 is 2. The van der Waals surface area contributed by atoms with Gasteiger partial charge in [-0.25, -0.2) is 4.79 Å². The van der Waals surface area contributed by atoms with Crippen LogP contribution in [0, 0.1) is 0 Å². The monoisotopic (exact) mass is 366 g/mol. The number of rotatable bonds is 5. The number of amides is 4. The van der Waals surface area contributed by atoms with E-state index in [0.717, 1.165) is 10.5 Å². The van der Waals surface area contributed by atoms with Crippen LogP contribution in [0.5, 0.6) is 11.5 Å². The van der Waals surface area contributed by atoms with E-state index in [2.05, 4.69) is 5.32 Å². The third-order valence-electron chi connectivity index (χ3n) is 4.11. The van der Waals surface area contributed by atoms with Gasteiger partial charge >= 0.3 is 6.03 Å². The number of benzene rings is 2. The van der Waals surface area contributed by atoms with E-state index in [1.807, 2.05) is 18.2 Å². The Morgan fingerprint density at radius 3 is 2.41 bits per heavy atom. The lowest BCUT2D eigenvalue weighted by Crippen LogP contribution is -2.53. The molecule has 0 radical (unpaired) electrons. The lowest BCUT2D eigenvalue weighted by atomic mass is 10.1. The molecule has 138 valence electrons. The molecular weight excluding hydrogens is 348 g/mol. The second kappa shape index (κ2) is 7.74. The summed E-state index contributed by atoms with van der Waals surface area (Å²) in [4.78, 5) is 38.1. The molecule has 0 aromatic heterocycles. The molecule has 2 aromatic carbocycles. The Labute approximate surface area is 156 Å². The molecule has 0 spiro atoms. The molecule has 3 rings (SSSR count). The number of nitrogens with zero attached hydrogens (tertiary/aromatic N) is 1. The van der Waals surface area contributed by atoms with Crippen molar-refractivity contribution in [2.24, 2.45) is 0 Å². The van der Waals surface area contributed by atoms with Crippen molar-refractivity contribution in [1.82, 2.24) is 10.2 Å². The zero-order valence-electron chi connectivity index (χ0n) is 14.9. The van der Waals surface area contributed by atoms with Crippen LogP contribution < -0.4 is 14.8 Å². The number of urea groups is 1. The van der Waals surface area contributed by atoms with E-state index in [-0.39, 0.29) is 12.1 Å². The Hall–Kier alpha value is -3.61. The molecule has 7 nitrogen and oxygen atoms in total. The van der Waals surface area contributed by atoms with Gasteiger partial charge in [0.2, 0.25) is 0 Å². The number of hydrogen-bond donors (Lipinski definition) is 1. The molecule has 0 saturated carbocycles. The van der Waals surface area contributed by atoms with Crippen LogP contribution in [0.3, 0.4) is 0 Å². The number of imide groups is 2. The molecule has 7 heteroatoms. The van der Waals surface area contributed by atoms with Crippen LogP contribution in [0.2, 0.25) is 0 Å². The van der Waals surface area contributed by atoms with Crippen molar-refractivity contribution in [1.29, 1.82) is 0 Å². The molecule has 0 aliphatic carbocycles. The van der Waals surface area contributed by atoms with E-state index in [1.54, 1.807) is 30.3 Å². The molecule has 0 atom stereocenters. The van der Waals surface area contributed by atoms with Gasteiger partial charge in [0.05, 0.1) is 20.8 Å². The summed E-state index contributed by atoms with van der Waals surface area (Å²) in [6, 6.07) is 13.3. The lowest BCUT2D eigenvalue weighted by molar-refractivity contribution is -0.130. The Bertz CT molecular complexity index is 921. The molecule has 1 heterocycles. The van der Waals surface area contributed by atoms with E-state index in [0.29, 0.717) is 17.1 Å². The molecule has 0 unspecified atom stereocenters. The molecule has 1 N–H and O–H groups in total. The minimum absolute atomic E-state index is 0.0654.